The van der Waals surface area contributed by atoms with Crippen molar-refractivity contribution in [2.24, 2.45) is 7.05 Å². The molecular weight excluding hydrogens is 255 g/mol. The zero-order chi connectivity index (χ0) is 13.1. The van der Waals surface area contributed by atoms with Gasteiger partial charge in [-0.3, -0.25) is 4.68 Å². The fourth-order valence-electron chi connectivity index (χ4n) is 1.83. The highest BCUT2D eigenvalue weighted by molar-refractivity contribution is 6.31. The molecule has 0 aliphatic carbocycles. The average Bonchev–Trinajstić information content (AvgIpc) is 2.68. The number of halogens is 2. The molecule has 1 atom stereocenters. The van der Waals surface area contributed by atoms with Gasteiger partial charge in [-0.25, -0.2) is 4.39 Å². The third-order valence-corrected chi connectivity index (χ3v) is 3.04. The molecule has 0 fully saturated rings. The van der Waals surface area contributed by atoms with Gasteiger partial charge in [0.2, 0.25) is 0 Å². The second kappa shape index (κ2) is 5.50. The van der Waals surface area contributed by atoms with Gasteiger partial charge in [-0.15, -0.1) is 0 Å². The van der Waals surface area contributed by atoms with Gasteiger partial charge < -0.3 is 5.11 Å². The van der Waals surface area contributed by atoms with Crippen LogP contribution in [0.1, 0.15) is 11.3 Å². The maximum atomic E-state index is 12.9. The largest absolute Gasteiger partial charge is 0.392 e. The van der Waals surface area contributed by atoms with Gasteiger partial charge in [0.15, 0.2) is 0 Å². The molecule has 0 saturated heterocycles. The van der Waals surface area contributed by atoms with Crippen molar-refractivity contribution in [1.29, 1.82) is 0 Å². The molecule has 96 valence electrons. The van der Waals surface area contributed by atoms with Gasteiger partial charge in [-0.2, -0.15) is 5.10 Å². The van der Waals surface area contributed by atoms with Gasteiger partial charge in [-0.05, 0) is 23.8 Å². The van der Waals surface area contributed by atoms with Crippen LogP contribution in [0.15, 0.2) is 30.5 Å². The van der Waals surface area contributed by atoms with E-state index >= 15 is 0 Å². The van der Waals surface area contributed by atoms with E-state index in [2.05, 4.69) is 5.10 Å². The van der Waals surface area contributed by atoms with Crippen molar-refractivity contribution < 1.29 is 9.50 Å². The Bertz CT molecular complexity index is 542. The Morgan fingerprint density at radius 1 is 1.39 bits per heavy atom. The van der Waals surface area contributed by atoms with Gasteiger partial charge in [0.05, 0.1) is 11.8 Å². The van der Waals surface area contributed by atoms with Crippen molar-refractivity contribution in [2.75, 3.05) is 0 Å². The number of aromatic nitrogens is 2. The standard InChI is InChI=1S/C13H14ClFN2O/c1-17-5-4-11(16-17)8-12(18)6-9-2-3-10(15)7-13(9)14/h2-5,7,12,18H,6,8H2,1H3. The maximum Gasteiger partial charge on any atom is 0.124 e. The quantitative estimate of drug-likeness (QED) is 0.924. The Morgan fingerprint density at radius 3 is 2.78 bits per heavy atom. The van der Waals surface area contributed by atoms with E-state index in [-0.39, 0.29) is 5.82 Å². The van der Waals surface area contributed by atoms with E-state index in [0.29, 0.717) is 17.9 Å². The Morgan fingerprint density at radius 2 is 2.17 bits per heavy atom. The van der Waals surface area contributed by atoms with E-state index in [0.717, 1.165) is 11.3 Å². The third kappa shape index (κ3) is 3.31. The number of aliphatic hydroxyl groups excluding tert-OH is 1. The van der Waals surface area contributed by atoms with Crippen molar-refractivity contribution in [3.8, 4) is 0 Å². The Kier molecular flexibility index (Phi) is 3.99. The molecule has 0 spiro atoms. The van der Waals surface area contributed by atoms with Crippen LogP contribution in [-0.4, -0.2) is 21.0 Å². The summed E-state index contributed by atoms with van der Waals surface area (Å²) in [5, 5.41) is 14.5. The highest BCUT2D eigenvalue weighted by Gasteiger charge is 2.11. The van der Waals surface area contributed by atoms with Gasteiger partial charge in [-0.1, -0.05) is 17.7 Å². The van der Waals surface area contributed by atoms with Crippen molar-refractivity contribution in [1.82, 2.24) is 9.78 Å². The van der Waals surface area contributed by atoms with Crippen molar-refractivity contribution in [3.05, 3.63) is 52.6 Å². The molecule has 0 saturated carbocycles. The minimum absolute atomic E-state index is 0.343. The van der Waals surface area contributed by atoms with Crippen LogP contribution in [0.3, 0.4) is 0 Å². The summed E-state index contributed by atoms with van der Waals surface area (Å²) in [6, 6.07) is 6.05. The molecule has 1 N–H and O–H groups in total. The lowest BCUT2D eigenvalue weighted by molar-refractivity contribution is 0.174. The van der Waals surface area contributed by atoms with Crippen LogP contribution in [0.5, 0.6) is 0 Å². The number of hydrogen-bond acceptors (Lipinski definition) is 2. The molecule has 1 unspecified atom stereocenters. The fraction of sp³-hybridized carbons (Fsp3) is 0.308. The Labute approximate surface area is 110 Å². The molecule has 1 aromatic carbocycles. The fourth-order valence-corrected chi connectivity index (χ4v) is 2.07. The van der Waals surface area contributed by atoms with Crippen LogP contribution in [-0.2, 0) is 19.9 Å². The summed E-state index contributed by atoms with van der Waals surface area (Å²) in [5.74, 6) is -0.372. The van der Waals surface area contributed by atoms with Crippen LogP contribution in [0.25, 0.3) is 0 Å². The minimum atomic E-state index is -0.581. The van der Waals surface area contributed by atoms with Gasteiger partial charge in [0.25, 0.3) is 0 Å². The molecule has 0 amide bonds. The molecule has 3 nitrogen and oxygen atoms in total. The molecule has 2 aromatic rings. The first-order chi connectivity index (χ1) is 8.54. The third-order valence-electron chi connectivity index (χ3n) is 2.68. The minimum Gasteiger partial charge on any atom is -0.392 e. The number of hydrogen-bond donors (Lipinski definition) is 1. The summed E-state index contributed by atoms with van der Waals surface area (Å²) in [6.07, 6.45) is 2.08. The predicted molar refractivity (Wildman–Crippen MR) is 68.0 cm³/mol. The smallest absolute Gasteiger partial charge is 0.124 e. The van der Waals surface area contributed by atoms with Gasteiger partial charge >= 0.3 is 0 Å². The molecule has 2 rings (SSSR count). The van der Waals surface area contributed by atoms with Crippen LogP contribution >= 0.6 is 11.6 Å². The first-order valence-corrected chi connectivity index (χ1v) is 6.03. The Hall–Kier alpha value is -1.39. The molecular formula is C13H14ClFN2O. The molecule has 0 bridgehead atoms. The van der Waals surface area contributed by atoms with Crippen LogP contribution in [0.2, 0.25) is 5.02 Å². The number of benzene rings is 1. The van der Waals surface area contributed by atoms with E-state index in [9.17, 15) is 9.50 Å². The SMILES string of the molecule is Cn1ccc(CC(O)Cc2ccc(F)cc2Cl)n1. The highest BCUT2D eigenvalue weighted by Crippen LogP contribution is 2.19. The topological polar surface area (TPSA) is 38.0 Å². The van der Waals surface area contributed by atoms with E-state index in [1.807, 2.05) is 19.3 Å². The van der Waals surface area contributed by atoms with Crippen molar-refractivity contribution >= 4 is 11.6 Å². The lowest BCUT2D eigenvalue weighted by Gasteiger charge is -2.10. The summed E-state index contributed by atoms with van der Waals surface area (Å²) in [4.78, 5) is 0. The van der Waals surface area contributed by atoms with Crippen molar-refractivity contribution in [2.45, 2.75) is 18.9 Å². The molecule has 0 aliphatic rings. The van der Waals surface area contributed by atoms with Crippen LogP contribution in [0, 0.1) is 5.82 Å². The summed E-state index contributed by atoms with van der Waals surface area (Å²) >= 11 is 5.91. The lowest BCUT2D eigenvalue weighted by Crippen LogP contribution is -2.14. The monoisotopic (exact) mass is 268 g/mol. The average molecular weight is 269 g/mol. The summed E-state index contributed by atoms with van der Waals surface area (Å²) in [5.41, 5.74) is 1.56. The molecule has 1 aromatic heterocycles. The van der Waals surface area contributed by atoms with E-state index in [1.54, 1.807) is 10.7 Å². The van der Waals surface area contributed by atoms with Crippen molar-refractivity contribution in [3.63, 3.8) is 0 Å². The summed E-state index contributed by atoms with van der Waals surface area (Å²) in [6.45, 7) is 0. The Balaban J connectivity index is 2.00. The van der Waals surface area contributed by atoms with Crippen LogP contribution < -0.4 is 0 Å². The van der Waals surface area contributed by atoms with Crippen LogP contribution in [0.4, 0.5) is 4.39 Å². The zero-order valence-corrected chi connectivity index (χ0v) is 10.7. The first kappa shape index (κ1) is 13.1. The van der Waals surface area contributed by atoms with E-state index in [1.165, 1.54) is 12.1 Å². The summed E-state index contributed by atoms with van der Waals surface area (Å²) in [7, 11) is 1.83. The molecule has 1 heterocycles. The van der Waals surface area contributed by atoms with Gasteiger partial charge in [0.1, 0.15) is 5.82 Å². The molecule has 0 aliphatic heterocycles. The number of nitrogens with zero attached hydrogens (tertiary/aromatic N) is 2. The summed E-state index contributed by atoms with van der Waals surface area (Å²) < 4.78 is 14.6. The normalized spacial score (nSPS) is 12.7. The van der Waals surface area contributed by atoms with E-state index < -0.39 is 6.10 Å². The number of aryl methyl sites for hydroxylation is 1. The van der Waals surface area contributed by atoms with Gasteiger partial charge in [0, 0.05) is 31.1 Å². The zero-order valence-electron chi connectivity index (χ0n) is 9.98. The molecule has 18 heavy (non-hydrogen) atoms. The second-order valence-electron chi connectivity index (χ2n) is 4.28. The number of aliphatic hydroxyl groups is 1. The second-order valence-corrected chi connectivity index (χ2v) is 4.69. The predicted octanol–water partition coefficient (Wildman–Crippen LogP) is 2.36. The highest BCUT2D eigenvalue weighted by atomic mass is 35.5. The molecule has 0 radical (unpaired) electrons. The first-order valence-electron chi connectivity index (χ1n) is 5.65. The lowest BCUT2D eigenvalue weighted by atomic mass is 10.0. The number of rotatable bonds is 4. The maximum absolute atomic E-state index is 12.9. The molecule has 5 heteroatoms. The van der Waals surface area contributed by atoms with E-state index in [4.69, 9.17) is 11.6 Å².